The van der Waals surface area contributed by atoms with E-state index < -0.39 is 9.84 Å². The monoisotopic (exact) mass is 378 g/mol. The summed E-state index contributed by atoms with van der Waals surface area (Å²) < 4.78 is 23.0. The van der Waals surface area contributed by atoms with Crippen molar-refractivity contribution in [2.45, 2.75) is 58.0 Å². The Bertz CT molecular complexity index is 754. The number of sulfone groups is 1. The first-order chi connectivity index (χ1) is 12.1. The van der Waals surface area contributed by atoms with Gasteiger partial charge < -0.3 is 10.6 Å². The number of hydrogen-bond donors (Lipinski definition) is 2. The van der Waals surface area contributed by atoms with E-state index in [1.54, 1.807) is 0 Å². The van der Waals surface area contributed by atoms with Crippen molar-refractivity contribution in [2.24, 2.45) is 5.41 Å². The van der Waals surface area contributed by atoms with Crippen LogP contribution >= 0.6 is 0 Å². The quantitative estimate of drug-likeness (QED) is 0.825. The number of nitrogens with one attached hydrogen (secondary N) is 2. The normalized spacial score (nSPS) is 25.7. The average molecular weight is 379 g/mol. The maximum absolute atomic E-state index is 12.5. The zero-order valence-electron chi connectivity index (χ0n) is 15.9. The van der Waals surface area contributed by atoms with E-state index in [0.717, 1.165) is 13.0 Å². The molecule has 1 heterocycles. The van der Waals surface area contributed by atoms with Crippen LogP contribution in [0.2, 0.25) is 0 Å². The summed E-state index contributed by atoms with van der Waals surface area (Å²) in [6, 6.07) is 8.30. The van der Waals surface area contributed by atoms with Crippen molar-refractivity contribution < 1.29 is 13.2 Å². The average Bonchev–Trinajstić information content (AvgIpc) is 3.34. The highest BCUT2D eigenvalue weighted by molar-refractivity contribution is 7.91. The Morgan fingerprint density at radius 2 is 1.88 bits per heavy atom. The van der Waals surface area contributed by atoms with E-state index in [4.69, 9.17) is 0 Å². The molecule has 3 rings (SSSR count). The molecule has 0 spiro atoms. The number of rotatable bonds is 5. The van der Waals surface area contributed by atoms with Gasteiger partial charge in [0.05, 0.1) is 11.5 Å². The fraction of sp³-hybridized carbons (Fsp3) is 0.650. The maximum Gasteiger partial charge on any atom is 0.251 e. The molecular formula is C20H30N2O3S. The zero-order chi connectivity index (χ0) is 18.9. The third-order valence-corrected chi connectivity index (χ3v) is 6.87. The molecule has 1 saturated carbocycles. The predicted molar refractivity (Wildman–Crippen MR) is 104 cm³/mol. The Morgan fingerprint density at radius 1 is 1.19 bits per heavy atom. The molecule has 26 heavy (non-hydrogen) atoms. The van der Waals surface area contributed by atoms with Crippen LogP contribution < -0.4 is 10.6 Å². The van der Waals surface area contributed by atoms with Gasteiger partial charge in [0.15, 0.2) is 0 Å². The summed E-state index contributed by atoms with van der Waals surface area (Å²) in [6.45, 7) is 7.65. The number of carbonyl (C=O) groups is 1. The molecule has 1 amide bonds. The second-order valence-corrected chi connectivity index (χ2v) is 11.2. The maximum atomic E-state index is 12.5. The van der Waals surface area contributed by atoms with Gasteiger partial charge in [0.25, 0.3) is 5.91 Å². The van der Waals surface area contributed by atoms with Crippen LogP contribution in [0, 0.1) is 5.41 Å². The van der Waals surface area contributed by atoms with Crippen molar-refractivity contribution in [3.05, 3.63) is 35.4 Å². The van der Waals surface area contributed by atoms with E-state index in [0.29, 0.717) is 30.4 Å². The van der Waals surface area contributed by atoms with Crippen LogP contribution in [0.1, 0.15) is 61.9 Å². The Hall–Kier alpha value is -1.40. The molecule has 6 heteroatoms. The second-order valence-electron chi connectivity index (χ2n) is 8.92. The minimum absolute atomic E-state index is 0.0446. The van der Waals surface area contributed by atoms with Gasteiger partial charge in [-0.2, -0.15) is 0 Å². The van der Waals surface area contributed by atoms with Crippen LogP contribution in [0.5, 0.6) is 0 Å². The molecule has 2 atom stereocenters. The van der Waals surface area contributed by atoms with Crippen molar-refractivity contribution in [1.29, 1.82) is 0 Å². The first-order valence-electron chi connectivity index (χ1n) is 9.48. The standard InChI is InChI=1S/C20H30N2O3S/c1-20(2,3)13-21-18-12-17(18)14-5-4-6-15(11-14)19(23)22-16-7-9-26(24,25)10-8-16/h4-6,11,16-18,21H,7-10,12-13H2,1-3H3,(H,22,23). The highest BCUT2D eigenvalue weighted by Crippen LogP contribution is 2.41. The van der Waals surface area contributed by atoms with Gasteiger partial charge in [-0.05, 0) is 42.4 Å². The summed E-state index contributed by atoms with van der Waals surface area (Å²) in [4.78, 5) is 12.5. The Morgan fingerprint density at radius 3 is 2.54 bits per heavy atom. The number of benzene rings is 1. The summed E-state index contributed by atoms with van der Waals surface area (Å²) in [5.41, 5.74) is 2.13. The van der Waals surface area contributed by atoms with E-state index in [9.17, 15) is 13.2 Å². The molecule has 1 saturated heterocycles. The zero-order valence-corrected chi connectivity index (χ0v) is 16.7. The summed E-state index contributed by atoms with van der Waals surface area (Å²) in [5, 5.41) is 6.61. The van der Waals surface area contributed by atoms with Gasteiger partial charge in [-0.15, -0.1) is 0 Å². The lowest BCUT2D eigenvalue weighted by Crippen LogP contribution is -2.40. The van der Waals surface area contributed by atoms with Gasteiger partial charge in [0.1, 0.15) is 9.84 Å². The molecule has 1 aromatic carbocycles. The Labute approximate surface area is 156 Å². The molecule has 144 valence electrons. The Kier molecular flexibility index (Phi) is 5.45. The molecule has 0 radical (unpaired) electrons. The van der Waals surface area contributed by atoms with Crippen LogP contribution in [0.4, 0.5) is 0 Å². The summed E-state index contributed by atoms with van der Waals surface area (Å²) >= 11 is 0. The number of carbonyl (C=O) groups excluding carboxylic acids is 1. The van der Waals surface area contributed by atoms with E-state index >= 15 is 0 Å². The van der Waals surface area contributed by atoms with Gasteiger partial charge >= 0.3 is 0 Å². The lowest BCUT2D eigenvalue weighted by Gasteiger charge is -2.23. The van der Waals surface area contributed by atoms with Crippen molar-refractivity contribution in [3.8, 4) is 0 Å². The van der Waals surface area contributed by atoms with Gasteiger partial charge in [-0.3, -0.25) is 4.79 Å². The highest BCUT2D eigenvalue weighted by atomic mass is 32.2. The fourth-order valence-electron chi connectivity index (χ4n) is 3.44. The molecule has 5 nitrogen and oxygen atoms in total. The van der Waals surface area contributed by atoms with Gasteiger partial charge in [-0.25, -0.2) is 8.42 Å². The summed E-state index contributed by atoms with van der Waals surface area (Å²) in [5.74, 6) is 0.712. The minimum atomic E-state index is -2.91. The lowest BCUT2D eigenvalue weighted by atomic mass is 9.97. The lowest BCUT2D eigenvalue weighted by molar-refractivity contribution is 0.0934. The minimum Gasteiger partial charge on any atom is -0.349 e. The molecule has 1 aliphatic heterocycles. The molecule has 2 aliphatic rings. The first kappa shape index (κ1) is 19.4. The third-order valence-electron chi connectivity index (χ3n) is 5.15. The van der Waals surface area contributed by atoms with Crippen LogP contribution in [0.25, 0.3) is 0 Å². The molecular weight excluding hydrogens is 348 g/mol. The molecule has 1 aliphatic carbocycles. The first-order valence-corrected chi connectivity index (χ1v) is 11.3. The second kappa shape index (κ2) is 7.31. The fourth-order valence-corrected chi connectivity index (χ4v) is 4.93. The third kappa shape index (κ3) is 5.30. The predicted octanol–water partition coefficient (Wildman–Crippen LogP) is 2.49. The van der Waals surface area contributed by atoms with Crippen molar-refractivity contribution >= 4 is 15.7 Å². The van der Waals surface area contributed by atoms with E-state index in [2.05, 4.69) is 37.5 Å². The van der Waals surface area contributed by atoms with Gasteiger partial charge in [-0.1, -0.05) is 32.9 Å². The van der Waals surface area contributed by atoms with Crippen LogP contribution in [0.3, 0.4) is 0 Å². The number of hydrogen-bond acceptors (Lipinski definition) is 4. The van der Waals surface area contributed by atoms with E-state index in [1.165, 1.54) is 5.56 Å². The molecule has 0 bridgehead atoms. The number of amides is 1. The van der Waals surface area contributed by atoms with Gasteiger partial charge in [0.2, 0.25) is 0 Å². The molecule has 0 aromatic heterocycles. The molecule has 1 aromatic rings. The smallest absolute Gasteiger partial charge is 0.251 e. The Balaban J connectivity index is 1.55. The molecule has 2 unspecified atom stereocenters. The van der Waals surface area contributed by atoms with Crippen molar-refractivity contribution in [3.63, 3.8) is 0 Å². The molecule has 2 N–H and O–H groups in total. The topological polar surface area (TPSA) is 75.3 Å². The van der Waals surface area contributed by atoms with E-state index in [-0.39, 0.29) is 28.9 Å². The van der Waals surface area contributed by atoms with Crippen molar-refractivity contribution in [1.82, 2.24) is 10.6 Å². The largest absolute Gasteiger partial charge is 0.349 e. The molecule has 2 fully saturated rings. The van der Waals surface area contributed by atoms with Crippen LogP contribution in [-0.4, -0.2) is 44.5 Å². The van der Waals surface area contributed by atoms with Gasteiger partial charge in [0, 0.05) is 30.1 Å². The van der Waals surface area contributed by atoms with Crippen LogP contribution in [-0.2, 0) is 9.84 Å². The van der Waals surface area contributed by atoms with Crippen molar-refractivity contribution in [2.75, 3.05) is 18.1 Å². The van der Waals surface area contributed by atoms with E-state index in [1.807, 2.05) is 18.2 Å². The SMILES string of the molecule is CC(C)(C)CNC1CC1c1cccc(C(=O)NC2CCS(=O)(=O)CC2)c1. The highest BCUT2D eigenvalue weighted by Gasteiger charge is 2.38. The van der Waals surface area contributed by atoms with Crippen LogP contribution in [0.15, 0.2) is 24.3 Å². The summed E-state index contributed by atoms with van der Waals surface area (Å²) in [6.07, 6.45) is 2.13. The summed E-state index contributed by atoms with van der Waals surface area (Å²) in [7, 11) is -2.91.